The Morgan fingerprint density at radius 1 is 1.37 bits per heavy atom. The molecule has 2 heterocycles. The first-order valence-electron chi connectivity index (χ1n) is 8.11. The highest BCUT2D eigenvalue weighted by atomic mass is 79.9. The normalized spacial score (nSPS) is 16.2. The molecule has 1 aliphatic rings. The fourth-order valence-corrected chi connectivity index (χ4v) is 3.33. The maximum absolute atomic E-state index is 12.4. The molecule has 1 aromatic carbocycles. The van der Waals surface area contributed by atoms with E-state index in [1.807, 2.05) is 18.2 Å². The molecule has 2 aromatic rings. The van der Waals surface area contributed by atoms with Gasteiger partial charge < -0.3 is 9.30 Å². The van der Waals surface area contributed by atoms with Crippen molar-refractivity contribution < 1.29 is 19.1 Å². The average molecular weight is 450 g/mol. The lowest BCUT2D eigenvalue weighted by Gasteiger charge is -2.24. The molecule has 7 nitrogen and oxygen atoms in total. The van der Waals surface area contributed by atoms with Crippen molar-refractivity contribution in [2.45, 2.75) is 13.5 Å². The van der Waals surface area contributed by atoms with Crippen LogP contribution in [-0.4, -0.2) is 46.0 Å². The third-order valence-electron chi connectivity index (χ3n) is 4.08. The van der Waals surface area contributed by atoms with Crippen LogP contribution in [0.4, 0.5) is 0 Å². The molecule has 0 unspecified atom stereocenters. The summed E-state index contributed by atoms with van der Waals surface area (Å²) in [6.45, 7) is 2.06. The van der Waals surface area contributed by atoms with Crippen LogP contribution in [0.3, 0.4) is 0 Å². The van der Waals surface area contributed by atoms with Gasteiger partial charge in [-0.2, -0.15) is 0 Å². The fraction of sp³-hybridized carbons (Fsp3) is 0.222. The van der Waals surface area contributed by atoms with Crippen LogP contribution < -0.4 is 5.32 Å². The van der Waals surface area contributed by atoms with Gasteiger partial charge in [-0.25, -0.2) is 0 Å². The summed E-state index contributed by atoms with van der Waals surface area (Å²) < 4.78 is 7.58. The zero-order chi connectivity index (χ0) is 19.7. The van der Waals surface area contributed by atoms with E-state index >= 15 is 0 Å². The van der Waals surface area contributed by atoms with Crippen molar-refractivity contribution in [3.8, 4) is 0 Å². The van der Waals surface area contributed by atoms with E-state index in [1.165, 1.54) is 18.0 Å². The van der Waals surface area contributed by atoms with Gasteiger partial charge in [0.1, 0.15) is 12.1 Å². The van der Waals surface area contributed by atoms with E-state index in [1.54, 1.807) is 17.7 Å². The van der Waals surface area contributed by atoms with E-state index in [9.17, 15) is 14.4 Å². The van der Waals surface area contributed by atoms with Crippen molar-refractivity contribution in [3.05, 3.63) is 40.0 Å². The van der Waals surface area contributed by atoms with Crippen molar-refractivity contribution >= 4 is 68.0 Å². The monoisotopic (exact) mass is 449 g/mol. The largest absolute Gasteiger partial charge is 0.465 e. The van der Waals surface area contributed by atoms with Crippen molar-refractivity contribution in [1.82, 2.24) is 14.8 Å². The molecule has 140 valence electrons. The first-order valence-corrected chi connectivity index (χ1v) is 9.31. The molecule has 0 saturated carbocycles. The van der Waals surface area contributed by atoms with Gasteiger partial charge in [-0.15, -0.1) is 0 Å². The van der Waals surface area contributed by atoms with Crippen molar-refractivity contribution in [1.29, 1.82) is 0 Å². The molecule has 0 spiro atoms. The summed E-state index contributed by atoms with van der Waals surface area (Å²) in [6.07, 6.45) is 3.22. The highest BCUT2D eigenvalue weighted by molar-refractivity contribution is 9.10. The number of nitrogens with one attached hydrogen (secondary N) is 1. The number of ether oxygens (including phenoxy) is 1. The number of benzene rings is 1. The highest BCUT2D eigenvalue weighted by Gasteiger charge is 2.31. The van der Waals surface area contributed by atoms with E-state index in [0.29, 0.717) is 12.2 Å². The molecule has 3 rings (SSSR count). The number of hydrogen-bond donors (Lipinski definition) is 1. The Balaban J connectivity index is 2.10. The lowest BCUT2D eigenvalue weighted by Crippen LogP contribution is -2.52. The zero-order valence-corrected chi connectivity index (χ0v) is 17.0. The number of carbonyl (C=O) groups is 3. The minimum absolute atomic E-state index is 0.0266. The van der Waals surface area contributed by atoms with Crippen LogP contribution in [-0.2, 0) is 25.7 Å². The van der Waals surface area contributed by atoms with Gasteiger partial charge in [0.25, 0.3) is 11.8 Å². The van der Waals surface area contributed by atoms with E-state index in [2.05, 4.69) is 21.2 Å². The van der Waals surface area contributed by atoms with E-state index in [-0.39, 0.29) is 23.2 Å². The van der Waals surface area contributed by atoms with Gasteiger partial charge in [-0.05, 0) is 43.4 Å². The number of esters is 1. The zero-order valence-electron chi connectivity index (χ0n) is 14.6. The molecule has 1 aliphatic heterocycles. The highest BCUT2D eigenvalue weighted by Crippen LogP contribution is 2.28. The number of thiocarbonyl (C=S) groups is 1. The number of carbonyl (C=O) groups excluding carboxylic acids is 3. The lowest BCUT2D eigenvalue weighted by molar-refractivity contribution is -0.143. The Morgan fingerprint density at radius 3 is 2.81 bits per heavy atom. The smallest absolute Gasteiger partial charge is 0.325 e. The predicted octanol–water partition coefficient (Wildman–Crippen LogP) is 2.22. The maximum atomic E-state index is 12.4. The standard InChI is InChI=1S/C18H16BrN3O4S/c1-3-26-15(23)9-22-8-10(12-7-11(19)4-5-14(12)22)6-13-16(24)20-18(27)21(2)17(13)25/h4-8H,3,9H2,1-2H3,(H,20,24,27)/b13-6-. The molecule has 0 radical (unpaired) electrons. The third-order valence-corrected chi connectivity index (χ3v) is 4.95. The Morgan fingerprint density at radius 2 is 2.11 bits per heavy atom. The van der Waals surface area contributed by atoms with E-state index < -0.39 is 11.8 Å². The number of fused-ring (bicyclic) bond motifs is 1. The Kier molecular flexibility index (Phi) is 5.43. The van der Waals surface area contributed by atoms with Crippen LogP contribution >= 0.6 is 28.1 Å². The summed E-state index contributed by atoms with van der Waals surface area (Å²) in [5.41, 5.74) is 1.39. The molecule has 1 N–H and O–H groups in total. The van der Waals surface area contributed by atoms with Crippen LogP contribution in [0, 0.1) is 0 Å². The molecule has 1 saturated heterocycles. The fourth-order valence-electron chi connectivity index (χ4n) is 2.79. The maximum Gasteiger partial charge on any atom is 0.325 e. The number of halogens is 1. The van der Waals surface area contributed by atoms with Crippen molar-refractivity contribution in [3.63, 3.8) is 0 Å². The first-order chi connectivity index (χ1) is 12.8. The molecule has 1 aromatic heterocycles. The Bertz CT molecular complexity index is 1010. The second kappa shape index (κ2) is 7.61. The van der Waals surface area contributed by atoms with Gasteiger partial charge in [-0.1, -0.05) is 15.9 Å². The van der Waals surface area contributed by atoms with Gasteiger partial charge >= 0.3 is 5.97 Å². The van der Waals surface area contributed by atoms with Gasteiger partial charge in [0, 0.05) is 34.2 Å². The predicted molar refractivity (Wildman–Crippen MR) is 108 cm³/mol. The minimum Gasteiger partial charge on any atom is -0.465 e. The van der Waals surface area contributed by atoms with Crippen molar-refractivity contribution in [2.75, 3.05) is 13.7 Å². The van der Waals surface area contributed by atoms with Crippen LogP contribution in [0.15, 0.2) is 34.4 Å². The molecule has 0 atom stereocenters. The number of nitrogens with zero attached hydrogens (tertiary/aromatic N) is 2. The molecule has 27 heavy (non-hydrogen) atoms. The number of rotatable bonds is 4. The average Bonchev–Trinajstić information content (AvgIpc) is 2.93. The van der Waals surface area contributed by atoms with E-state index in [4.69, 9.17) is 17.0 Å². The van der Waals surface area contributed by atoms with Crippen molar-refractivity contribution in [2.24, 2.45) is 0 Å². The third kappa shape index (κ3) is 3.79. The van der Waals surface area contributed by atoms with Crippen LogP contribution in [0.25, 0.3) is 17.0 Å². The number of aromatic nitrogens is 1. The van der Waals surface area contributed by atoms with Crippen LogP contribution in [0.5, 0.6) is 0 Å². The van der Waals surface area contributed by atoms with Gasteiger partial charge in [-0.3, -0.25) is 24.6 Å². The topological polar surface area (TPSA) is 80.6 Å². The number of likely N-dealkylation sites (N-methyl/N-ethyl adjacent to an activating group) is 1. The van der Waals surface area contributed by atoms with Gasteiger partial charge in [0.2, 0.25) is 0 Å². The molecular formula is C18H16BrN3O4S. The molecule has 1 fully saturated rings. The second-order valence-corrected chi connectivity index (χ2v) is 7.16. The number of hydrogen-bond acceptors (Lipinski definition) is 5. The molecule has 0 aliphatic carbocycles. The summed E-state index contributed by atoms with van der Waals surface area (Å²) in [5, 5.41) is 3.34. The summed E-state index contributed by atoms with van der Waals surface area (Å²) in [6, 6.07) is 5.57. The minimum atomic E-state index is -0.551. The number of amides is 2. The lowest BCUT2D eigenvalue weighted by atomic mass is 10.1. The summed E-state index contributed by atoms with van der Waals surface area (Å²) in [5.74, 6) is -1.40. The SMILES string of the molecule is CCOC(=O)Cn1cc(/C=C2/C(=O)NC(=S)N(C)C2=O)c2cc(Br)ccc21. The summed E-state index contributed by atoms with van der Waals surface area (Å²) in [4.78, 5) is 37.8. The first kappa shape index (κ1) is 19.2. The molecule has 9 heteroatoms. The molecule has 0 bridgehead atoms. The van der Waals surface area contributed by atoms with E-state index in [0.717, 1.165) is 15.4 Å². The second-order valence-electron chi connectivity index (χ2n) is 5.86. The quantitative estimate of drug-likeness (QED) is 0.335. The Labute approximate surface area is 169 Å². The summed E-state index contributed by atoms with van der Waals surface area (Å²) >= 11 is 8.38. The molecule has 2 amide bonds. The Hall–Kier alpha value is -2.52. The van der Waals surface area contributed by atoms with Gasteiger partial charge in [0.15, 0.2) is 5.11 Å². The molecular weight excluding hydrogens is 434 g/mol. The summed E-state index contributed by atoms with van der Waals surface area (Å²) in [7, 11) is 1.50. The van der Waals surface area contributed by atoms with Gasteiger partial charge in [0.05, 0.1) is 6.61 Å². The van der Waals surface area contributed by atoms with Crippen LogP contribution in [0.2, 0.25) is 0 Å². The van der Waals surface area contributed by atoms with Crippen LogP contribution in [0.1, 0.15) is 12.5 Å².